The van der Waals surface area contributed by atoms with Crippen molar-refractivity contribution >= 4 is 11.7 Å². The lowest BCUT2D eigenvalue weighted by Crippen LogP contribution is -2.46. The van der Waals surface area contributed by atoms with Gasteiger partial charge in [0.2, 0.25) is 0 Å². The number of nitrogens with zero attached hydrogens (tertiary/aromatic N) is 1. The first-order valence-electron chi connectivity index (χ1n) is 6.71. The van der Waals surface area contributed by atoms with Gasteiger partial charge in [0.15, 0.2) is 0 Å². The fourth-order valence-electron chi connectivity index (χ4n) is 2.36. The summed E-state index contributed by atoms with van der Waals surface area (Å²) < 4.78 is 5.08. The number of hydrogen-bond donors (Lipinski definition) is 1. The van der Waals surface area contributed by atoms with Crippen LogP contribution in [0.1, 0.15) is 18.9 Å². The van der Waals surface area contributed by atoms with Gasteiger partial charge in [0.05, 0.1) is 18.6 Å². The van der Waals surface area contributed by atoms with Crippen LogP contribution >= 0.6 is 0 Å². The van der Waals surface area contributed by atoms with E-state index >= 15 is 0 Å². The van der Waals surface area contributed by atoms with Gasteiger partial charge >= 0.3 is 5.97 Å². The largest absolute Gasteiger partial charge is 0.466 e. The SMILES string of the molecule is CCOC(=O)C1CCN=C(Cc2ccccc2)C1N. The number of aliphatic imine (C=N–C) groups is 1. The van der Waals surface area contributed by atoms with Crippen molar-refractivity contribution in [2.24, 2.45) is 16.6 Å². The standard InChI is InChI=1S/C15H20N2O2/c1-2-19-15(18)12-8-9-17-13(14(12)16)10-11-6-4-3-5-7-11/h3-7,12,14H,2,8-10,16H2,1H3. The first-order chi connectivity index (χ1) is 9.22. The highest BCUT2D eigenvalue weighted by Gasteiger charge is 2.32. The Morgan fingerprint density at radius 3 is 2.84 bits per heavy atom. The molecular weight excluding hydrogens is 240 g/mol. The number of carbonyl (C=O) groups excluding carboxylic acids is 1. The van der Waals surface area contributed by atoms with Gasteiger partial charge in [-0.15, -0.1) is 0 Å². The summed E-state index contributed by atoms with van der Waals surface area (Å²) in [6.45, 7) is 2.86. The minimum absolute atomic E-state index is 0.199. The van der Waals surface area contributed by atoms with E-state index in [1.165, 1.54) is 5.56 Å². The quantitative estimate of drug-likeness (QED) is 0.836. The van der Waals surface area contributed by atoms with E-state index in [4.69, 9.17) is 10.5 Å². The Morgan fingerprint density at radius 2 is 2.16 bits per heavy atom. The molecule has 2 unspecified atom stereocenters. The summed E-state index contributed by atoms with van der Waals surface area (Å²) in [7, 11) is 0. The molecule has 1 aliphatic heterocycles. The van der Waals surface area contributed by atoms with Crippen molar-refractivity contribution < 1.29 is 9.53 Å². The molecule has 0 radical (unpaired) electrons. The molecule has 0 bridgehead atoms. The van der Waals surface area contributed by atoms with Crippen LogP contribution in [0, 0.1) is 5.92 Å². The van der Waals surface area contributed by atoms with Gasteiger partial charge in [-0.25, -0.2) is 0 Å². The summed E-state index contributed by atoms with van der Waals surface area (Å²) in [6.07, 6.45) is 1.39. The molecule has 0 fully saturated rings. The number of benzene rings is 1. The van der Waals surface area contributed by atoms with Crippen LogP contribution in [0.5, 0.6) is 0 Å². The lowest BCUT2D eigenvalue weighted by Gasteiger charge is -2.27. The van der Waals surface area contributed by atoms with E-state index in [1.54, 1.807) is 0 Å². The smallest absolute Gasteiger partial charge is 0.310 e. The van der Waals surface area contributed by atoms with Gasteiger partial charge in [0, 0.05) is 18.7 Å². The lowest BCUT2D eigenvalue weighted by atomic mass is 9.88. The molecule has 2 rings (SSSR count). The van der Waals surface area contributed by atoms with Gasteiger partial charge in [-0.05, 0) is 18.9 Å². The number of carbonyl (C=O) groups is 1. The monoisotopic (exact) mass is 260 g/mol. The van der Waals surface area contributed by atoms with E-state index in [0.29, 0.717) is 26.0 Å². The highest BCUT2D eigenvalue weighted by atomic mass is 16.5. The highest BCUT2D eigenvalue weighted by molar-refractivity contribution is 5.95. The van der Waals surface area contributed by atoms with Crippen LogP contribution in [-0.4, -0.2) is 30.9 Å². The number of nitrogens with two attached hydrogens (primary N) is 1. The Balaban J connectivity index is 2.05. The minimum Gasteiger partial charge on any atom is -0.466 e. The number of esters is 1. The molecule has 4 nitrogen and oxygen atoms in total. The van der Waals surface area contributed by atoms with Crippen LogP contribution in [0.3, 0.4) is 0 Å². The second-order valence-corrected chi connectivity index (χ2v) is 4.71. The van der Waals surface area contributed by atoms with E-state index < -0.39 is 0 Å². The maximum atomic E-state index is 11.8. The van der Waals surface area contributed by atoms with Gasteiger partial charge < -0.3 is 10.5 Å². The van der Waals surface area contributed by atoms with Crippen molar-refractivity contribution in [2.45, 2.75) is 25.8 Å². The molecule has 19 heavy (non-hydrogen) atoms. The van der Waals surface area contributed by atoms with Crippen molar-refractivity contribution in [3.05, 3.63) is 35.9 Å². The summed E-state index contributed by atoms with van der Waals surface area (Å²) in [5, 5.41) is 0. The Kier molecular flexibility index (Phi) is 4.68. The average molecular weight is 260 g/mol. The van der Waals surface area contributed by atoms with Crippen LogP contribution in [0.15, 0.2) is 35.3 Å². The molecule has 1 aromatic carbocycles. The third-order valence-electron chi connectivity index (χ3n) is 3.39. The molecule has 0 aliphatic carbocycles. The Bertz CT molecular complexity index is 456. The minimum atomic E-state index is -0.326. The normalized spacial score (nSPS) is 22.7. The molecule has 1 aromatic rings. The molecule has 1 aliphatic rings. The maximum Gasteiger partial charge on any atom is 0.310 e. The summed E-state index contributed by atoms with van der Waals surface area (Å²) in [5.74, 6) is -0.452. The zero-order valence-electron chi connectivity index (χ0n) is 11.2. The van der Waals surface area contributed by atoms with Crippen molar-refractivity contribution in [1.82, 2.24) is 0 Å². The fraction of sp³-hybridized carbons (Fsp3) is 0.467. The maximum absolute atomic E-state index is 11.8. The molecule has 0 amide bonds. The van der Waals surface area contributed by atoms with Gasteiger partial charge in [0.1, 0.15) is 0 Å². The Labute approximate surface area is 113 Å². The second-order valence-electron chi connectivity index (χ2n) is 4.71. The van der Waals surface area contributed by atoms with E-state index in [0.717, 1.165) is 5.71 Å². The van der Waals surface area contributed by atoms with Crippen LogP contribution in [-0.2, 0) is 16.0 Å². The molecule has 2 N–H and O–H groups in total. The molecule has 2 atom stereocenters. The first kappa shape index (κ1) is 13.7. The molecule has 0 aromatic heterocycles. The van der Waals surface area contributed by atoms with E-state index in [1.807, 2.05) is 37.3 Å². The van der Waals surface area contributed by atoms with E-state index in [-0.39, 0.29) is 17.9 Å². The highest BCUT2D eigenvalue weighted by Crippen LogP contribution is 2.18. The van der Waals surface area contributed by atoms with Crippen LogP contribution in [0.4, 0.5) is 0 Å². The zero-order chi connectivity index (χ0) is 13.7. The van der Waals surface area contributed by atoms with Gasteiger partial charge in [-0.2, -0.15) is 0 Å². The Hall–Kier alpha value is -1.68. The fourth-order valence-corrected chi connectivity index (χ4v) is 2.36. The van der Waals surface area contributed by atoms with Crippen molar-refractivity contribution in [3.63, 3.8) is 0 Å². The Morgan fingerprint density at radius 1 is 1.42 bits per heavy atom. The lowest BCUT2D eigenvalue weighted by molar-refractivity contribution is -0.148. The zero-order valence-corrected chi connectivity index (χ0v) is 11.2. The summed E-state index contributed by atoms with van der Waals surface area (Å²) in [4.78, 5) is 16.3. The van der Waals surface area contributed by atoms with Crippen LogP contribution < -0.4 is 5.73 Å². The second kappa shape index (κ2) is 6.48. The molecule has 102 valence electrons. The predicted octanol–water partition coefficient (Wildman–Crippen LogP) is 1.58. The molecule has 0 spiro atoms. The van der Waals surface area contributed by atoms with Crippen molar-refractivity contribution in [2.75, 3.05) is 13.2 Å². The van der Waals surface area contributed by atoms with Crippen LogP contribution in [0.25, 0.3) is 0 Å². The molecule has 4 heteroatoms. The van der Waals surface area contributed by atoms with Crippen molar-refractivity contribution in [3.8, 4) is 0 Å². The summed E-state index contributed by atoms with van der Waals surface area (Å²) in [6, 6.07) is 9.73. The number of ether oxygens (including phenoxy) is 1. The van der Waals surface area contributed by atoms with E-state index in [9.17, 15) is 4.79 Å². The van der Waals surface area contributed by atoms with Gasteiger partial charge in [-0.3, -0.25) is 9.79 Å². The molecule has 0 saturated carbocycles. The number of hydrogen-bond acceptors (Lipinski definition) is 4. The average Bonchev–Trinajstić information content (AvgIpc) is 2.42. The van der Waals surface area contributed by atoms with Gasteiger partial charge in [0.25, 0.3) is 0 Å². The topological polar surface area (TPSA) is 64.7 Å². The molecule has 0 saturated heterocycles. The molecular formula is C15H20N2O2. The van der Waals surface area contributed by atoms with Gasteiger partial charge in [-0.1, -0.05) is 30.3 Å². The predicted molar refractivity (Wildman–Crippen MR) is 75.2 cm³/mol. The molecule has 1 heterocycles. The third kappa shape index (κ3) is 3.41. The van der Waals surface area contributed by atoms with Crippen LogP contribution in [0.2, 0.25) is 0 Å². The van der Waals surface area contributed by atoms with E-state index in [2.05, 4.69) is 4.99 Å². The number of rotatable bonds is 4. The summed E-state index contributed by atoms with van der Waals surface area (Å²) in [5.41, 5.74) is 8.24. The third-order valence-corrected chi connectivity index (χ3v) is 3.39. The van der Waals surface area contributed by atoms with Crippen molar-refractivity contribution in [1.29, 1.82) is 0 Å². The summed E-state index contributed by atoms with van der Waals surface area (Å²) >= 11 is 0. The first-order valence-corrected chi connectivity index (χ1v) is 6.71.